The molecule has 0 atom stereocenters. The van der Waals surface area contributed by atoms with Gasteiger partial charge in [0.05, 0.1) is 4.90 Å². The van der Waals surface area contributed by atoms with Gasteiger partial charge in [-0.05, 0) is 34.1 Å². The molecule has 1 aromatic rings. The van der Waals surface area contributed by atoms with Gasteiger partial charge in [-0.1, -0.05) is 22.0 Å². The van der Waals surface area contributed by atoms with Crippen molar-refractivity contribution in [2.75, 3.05) is 13.1 Å². The summed E-state index contributed by atoms with van der Waals surface area (Å²) in [6.07, 6.45) is 1.34. The number of aliphatic carboxylic acids is 1. The predicted molar refractivity (Wildman–Crippen MR) is 78.4 cm³/mol. The Hall–Kier alpha value is -0.700. The van der Waals surface area contributed by atoms with Gasteiger partial charge in [0.15, 0.2) is 0 Å². The van der Waals surface area contributed by atoms with E-state index >= 15 is 0 Å². The van der Waals surface area contributed by atoms with Crippen LogP contribution in [0.3, 0.4) is 0 Å². The van der Waals surface area contributed by atoms with Crippen molar-refractivity contribution in [3.63, 3.8) is 0 Å². The van der Waals surface area contributed by atoms with E-state index in [0.717, 1.165) is 4.31 Å². The van der Waals surface area contributed by atoms with Gasteiger partial charge >= 0.3 is 5.97 Å². The Labute approximate surface area is 128 Å². The van der Waals surface area contributed by atoms with Crippen LogP contribution in [-0.4, -0.2) is 36.9 Å². The molecule has 0 aliphatic heterocycles. The lowest BCUT2D eigenvalue weighted by Gasteiger charge is -2.19. The second-order valence-corrected chi connectivity index (χ2v) is 7.23. The highest BCUT2D eigenvalue weighted by Gasteiger charge is 2.27. The van der Waals surface area contributed by atoms with Gasteiger partial charge in [0.2, 0.25) is 10.0 Å². The van der Waals surface area contributed by atoms with Crippen LogP contribution < -0.4 is 0 Å². The summed E-state index contributed by atoms with van der Waals surface area (Å²) in [5.74, 6) is -1.22. The van der Waals surface area contributed by atoms with Gasteiger partial charge in [0, 0.05) is 15.5 Å². The van der Waals surface area contributed by atoms with Crippen LogP contribution in [0.25, 0.3) is 0 Å². The van der Waals surface area contributed by atoms with Crippen LogP contribution >= 0.6 is 31.9 Å². The Kier molecular flexibility index (Phi) is 5.72. The minimum atomic E-state index is -3.89. The molecule has 104 valence electrons. The molecule has 0 saturated carbocycles. The van der Waals surface area contributed by atoms with Gasteiger partial charge < -0.3 is 5.11 Å². The Morgan fingerprint density at radius 1 is 1.42 bits per heavy atom. The zero-order valence-electron chi connectivity index (χ0n) is 9.71. The van der Waals surface area contributed by atoms with Crippen LogP contribution in [-0.2, 0) is 14.8 Å². The first-order valence-electron chi connectivity index (χ1n) is 5.07. The van der Waals surface area contributed by atoms with E-state index in [2.05, 4.69) is 38.4 Å². The molecule has 0 aromatic heterocycles. The SMILES string of the molecule is C=CCN(CC(=O)O)S(=O)(=O)c1ccc(Br)cc1Br. The molecule has 0 aliphatic carbocycles. The number of hydrogen-bond acceptors (Lipinski definition) is 3. The number of halogens is 2. The number of sulfonamides is 1. The average molecular weight is 413 g/mol. The average Bonchev–Trinajstić information content (AvgIpc) is 2.27. The Morgan fingerprint density at radius 3 is 2.53 bits per heavy atom. The summed E-state index contributed by atoms with van der Waals surface area (Å²) in [4.78, 5) is 10.8. The van der Waals surface area contributed by atoms with E-state index in [1.807, 2.05) is 0 Å². The number of nitrogens with zero attached hydrogens (tertiary/aromatic N) is 1. The molecule has 0 amide bonds. The van der Waals surface area contributed by atoms with Crippen molar-refractivity contribution in [3.05, 3.63) is 39.8 Å². The first-order valence-corrected chi connectivity index (χ1v) is 8.09. The third-order valence-corrected chi connectivity index (χ3v) is 5.44. The van der Waals surface area contributed by atoms with Gasteiger partial charge in [-0.3, -0.25) is 4.79 Å². The molecule has 0 bridgehead atoms. The molecule has 0 heterocycles. The standard InChI is InChI=1S/C11H11Br2NO4S/c1-2-5-14(7-11(15)16)19(17,18)10-4-3-8(12)6-9(10)13/h2-4,6H,1,5,7H2,(H,15,16). The lowest BCUT2D eigenvalue weighted by Crippen LogP contribution is -2.35. The van der Waals surface area contributed by atoms with Crippen molar-refractivity contribution in [1.82, 2.24) is 4.31 Å². The van der Waals surface area contributed by atoms with Crippen molar-refractivity contribution in [3.8, 4) is 0 Å². The number of rotatable bonds is 6. The smallest absolute Gasteiger partial charge is 0.318 e. The summed E-state index contributed by atoms with van der Waals surface area (Å²) in [6, 6.07) is 4.56. The van der Waals surface area contributed by atoms with Crippen molar-refractivity contribution in [2.45, 2.75) is 4.90 Å². The highest BCUT2D eigenvalue weighted by atomic mass is 79.9. The van der Waals surface area contributed by atoms with Crippen molar-refractivity contribution < 1.29 is 18.3 Å². The molecule has 1 N–H and O–H groups in total. The summed E-state index contributed by atoms with van der Waals surface area (Å²) in [5.41, 5.74) is 0. The van der Waals surface area contributed by atoms with Crippen LogP contribution in [0, 0.1) is 0 Å². The van der Waals surface area contributed by atoms with Crippen LogP contribution in [0.4, 0.5) is 0 Å². The highest BCUT2D eigenvalue weighted by Crippen LogP contribution is 2.28. The molecule has 0 saturated heterocycles. The first kappa shape index (κ1) is 16.4. The van der Waals surface area contributed by atoms with E-state index in [1.165, 1.54) is 12.1 Å². The van der Waals surface area contributed by atoms with Gasteiger partial charge in [-0.25, -0.2) is 8.42 Å². The van der Waals surface area contributed by atoms with E-state index in [1.54, 1.807) is 12.1 Å². The number of hydrogen-bond donors (Lipinski definition) is 1. The molecule has 0 spiro atoms. The Morgan fingerprint density at radius 2 is 2.05 bits per heavy atom. The van der Waals surface area contributed by atoms with Gasteiger partial charge in [-0.15, -0.1) is 6.58 Å². The van der Waals surface area contributed by atoms with Crippen LogP contribution in [0.15, 0.2) is 44.7 Å². The number of carboxylic acid groups (broad SMARTS) is 1. The third-order valence-electron chi connectivity index (χ3n) is 2.16. The fourth-order valence-corrected chi connectivity index (χ4v) is 4.43. The summed E-state index contributed by atoms with van der Waals surface area (Å²) in [7, 11) is -3.89. The second kappa shape index (κ2) is 6.65. The van der Waals surface area contributed by atoms with Crippen LogP contribution in [0.2, 0.25) is 0 Å². The fraction of sp³-hybridized carbons (Fsp3) is 0.182. The monoisotopic (exact) mass is 411 g/mol. The molecule has 1 rings (SSSR count). The maximum atomic E-state index is 12.4. The largest absolute Gasteiger partial charge is 0.480 e. The van der Waals surface area contributed by atoms with Gasteiger partial charge in [0.1, 0.15) is 6.54 Å². The lowest BCUT2D eigenvalue weighted by atomic mass is 10.4. The summed E-state index contributed by atoms with van der Waals surface area (Å²) < 4.78 is 26.6. The van der Waals surface area contributed by atoms with Crippen molar-refractivity contribution in [2.24, 2.45) is 0 Å². The van der Waals surface area contributed by atoms with E-state index < -0.39 is 22.5 Å². The van der Waals surface area contributed by atoms with E-state index in [-0.39, 0.29) is 11.4 Å². The van der Waals surface area contributed by atoms with Crippen molar-refractivity contribution in [1.29, 1.82) is 0 Å². The first-order chi connectivity index (χ1) is 8.78. The third kappa shape index (κ3) is 4.13. The molecule has 0 radical (unpaired) electrons. The van der Waals surface area contributed by atoms with Crippen LogP contribution in [0.5, 0.6) is 0 Å². The Bertz CT molecular complexity index is 601. The number of carboxylic acids is 1. The molecule has 5 nitrogen and oxygen atoms in total. The van der Waals surface area contributed by atoms with Crippen molar-refractivity contribution >= 4 is 47.9 Å². The minimum absolute atomic E-state index is 0.0128. The minimum Gasteiger partial charge on any atom is -0.480 e. The van der Waals surface area contributed by atoms with E-state index in [0.29, 0.717) is 8.95 Å². The molecule has 19 heavy (non-hydrogen) atoms. The van der Waals surface area contributed by atoms with Gasteiger partial charge in [-0.2, -0.15) is 4.31 Å². The second-order valence-electron chi connectivity index (χ2n) is 3.55. The molecular weight excluding hydrogens is 402 g/mol. The predicted octanol–water partition coefficient (Wildman–Crippen LogP) is 2.47. The maximum absolute atomic E-state index is 12.4. The summed E-state index contributed by atoms with van der Waals surface area (Å²) >= 11 is 6.38. The van der Waals surface area contributed by atoms with Gasteiger partial charge in [0.25, 0.3) is 0 Å². The number of carbonyl (C=O) groups is 1. The van der Waals surface area contributed by atoms with Crippen LogP contribution in [0.1, 0.15) is 0 Å². The molecule has 8 heteroatoms. The zero-order chi connectivity index (χ0) is 14.6. The summed E-state index contributed by atoms with van der Waals surface area (Å²) in [5, 5.41) is 8.77. The highest BCUT2D eigenvalue weighted by molar-refractivity contribution is 9.11. The zero-order valence-corrected chi connectivity index (χ0v) is 13.7. The molecule has 1 aromatic carbocycles. The lowest BCUT2D eigenvalue weighted by molar-refractivity contribution is -0.137. The molecular formula is C11H11Br2NO4S. The summed E-state index contributed by atoms with van der Waals surface area (Å²) in [6.45, 7) is 2.75. The normalized spacial score (nSPS) is 11.5. The van der Waals surface area contributed by atoms with E-state index in [9.17, 15) is 13.2 Å². The molecule has 0 aliphatic rings. The Balaban J connectivity index is 3.25. The maximum Gasteiger partial charge on any atom is 0.318 e. The topological polar surface area (TPSA) is 74.7 Å². The fourth-order valence-electron chi connectivity index (χ4n) is 1.37. The van der Waals surface area contributed by atoms with E-state index in [4.69, 9.17) is 5.11 Å². The molecule has 0 unspecified atom stereocenters. The molecule has 0 fully saturated rings. The number of benzene rings is 1. The quantitative estimate of drug-likeness (QED) is 0.728.